The molecule has 0 aliphatic heterocycles. The molecule has 1 heterocycles. The zero-order valence-electron chi connectivity index (χ0n) is 10.3. The van der Waals surface area contributed by atoms with Gasteiger partial charge in [0.1, 0.15) is 0 Å². The third-order valence-electron chi connectivity index (χ3n) is 3.02. The summed E-state index contributed by atoms with van der Waals surface area (Å²) in [6, 6.07) is 10.6. The van der Waals surface area contributed by atoms with E-state index in [1.165, 1.54) is 12.1 Å². The van der Waals surface area contributed by atoms with Crippen molar-refractivity contribution < 1.29 is 13.6 Å². The Balaban J connectivity index is 1.90. The van der Waals surface area contributed by atoms with Crippen molar-refractivity contribution in [2.75, 3.05) is 5.32 Å². The van der Waals surface area contributed by atoms with Crippen LogP contribution in [0.3, 0.4) is 0 Å². The molecule has 1 aromatic heterocycles. The maximum absolute atomic E-state index is 13.5. The lowest BCUT2D eigenvalue weighted by Crippen LogP contribution is -2.13. The molecule has 0 saturated carbocycles. The van der Waals surface area contributed by atoms with Crippen molar-refractivity contribution in [3.8, 4) is 0 Å². The number of fused-ring (bicyclic) bond motifs is 1. The Kier molecular flexibility index (Phi) is 2.95. The molecule has 0 aliphatic rings. The van der Waals surface area contributed by atoms with Crippen molar-refractivity contribution in [1.29, 1.82) is 0 Å². The van der Waals surface area contributed by atoms with Crippen LogP contribution in [0.1, 0.15) is 10.4 Å². The molecule has 0 aliphatic carbocycles. The lowest BCUT2D eigenvalue weighted by atomic mass is 10.1. The van der Waals surface area contributed by atoms with Crippen LogP contribution in [-0.4, -0.2) is 10.9 Å². The highest BCUT2D eigenvalue weighted by Crippen LogP contribution is 2.19. The van der Waals surface area contributed by atoms with Crippen LogP contribution in [-0.2, 0) is 0 Å². The molecule has 0 fully saturated rings. The molecule has 20 heavy (non-hydrogen) atoms. The number of carbonyl (C=O) groups excluding carboxylic acids is 1. The number of carbonyl (C=O) groups is 1. The second-order valence-electron chi connectivity index (χ2n) is 4.34. The van der Waals surface area contributed by atoms with E-state index in [0.717, 1.165) is 17.0 Å². The van der Waals surface area contributed by atoms with Crippen molar-refractivity contribution >= 4 is 22.5 Å². The van der Waals surface area contributed by atoms with Gasteiger partial charge in [0.25, 0.3) is 5.91 Å². The van der Waals surface area contributed by atoms with Crippen LogP contribution in [0, 0.1) is 11.6 Å². The molecular formula is C15H10F2N2O. The normalized spacial score (nSPS) is 10.7. The lowest BCUT2D eigenvalue weighted by molar-refractivity contribution is 0.102. The van der Waals surface area contributed by atoms with Crippen molar-refractivity contribution in [3.63, 3.8) is 0 Å². The second kappa shape index (κ2) is 4.77. The fourth-order valence-electron chi connectivity index (χ4n) is 1.98. The summed E-state index contributed by atoms with van der Waals surface area (Å²) in [5.41, 5.74) is 0.988. The Labute approximate surface area is 113 Å². The minimum Gasteiger partial charge on any atom is -0.361 e. The van der Waals surface area contributed by atoms with Crippen LogP contribution in [0.2, 0.25) is 0 Å². The number of nitrogens with one attached hydrogen (secondary N) is 2. The number of anilines is 1. The predicted octanol–water partition coefficient (Wildman–Crippen LogP) is 3.70. The van der Waals surface area contributed by atoms with Gasteiger partial charge in [-0.15, -0.1) is 0 Å². The fraction of sp³-hybridized carbons (Fsp3) is 0. The molecular weight excluding hydrogens is 262 g/mol. The predicted molar refractivity (Wildman–Crippen MR) is 72.6 cm³/mol. The molecule has 0 radical (unpaired) electrons. The van der Waals surface area contributed by atoms with E-state index >= 15 is 0 Å². The summed E-state index contributed by atoms with van der Waals surface area (Å²) in [6.07, 6.45) is 1.76. The largest absolute Gasteiger partial charge is 0.361 e. The van der Waals surface area contributed by atoms with Crippen LogP contribution >= 0.6 is 0 Å². The number of amides is 1. The SMILES string of the molecule is O=C(Nc1cccc(F)c1F)c1ccc2cc[nH]c2c1. The summed E-state index contributed by atoms with van der Waals surface area (Å²) >= 11 is 0. The molecule has 3 rings (SSSR count). The number of halogens is 2. The summed E-state index contributed by atoms with van der Waals surface area (Å²) in [5, 5.41) is 3.33. The van der Waals surface area contributed by atoms with E-state index in [0.29, 0.717) is 5.56 Å². The van der Waals surface area contributed by atoms with Gasteiger partial charge in [-0.05, 0) is 35.7 Å². The molecule has 2 N–H and O–H groups in total. The van der Waals surface area contributed by atoms with Gasteiger partial charge in [-0.2, -0.15) is 0 Å². The molecule has 0 unspecified atom stereocenters. The van der Waals surface area contributed by atoms with Crippen molar-refractivity contribution in [2.24, 2.45) is 0 Å². The number of aromatic amines is 1. The standard InChI is InChI=1S/C15H10F2N2O/c16-11-2-1-3-12(14(11)17)19-15(20)10-5-4-9-6-7-18-13(9)8-10/h1-8,18H,(H,19,20). The summed E-state index contributed by atoms with van der Waals surface area (Å²) in [4.78, 5) is 15.0. The van der Waals surface area contributed by atoms with Gasteiger partial charge in [0.15, 0.2) is 11.6 Å². The van der Waals surface area contributed by atoms with E-state index < -0.39 is 17.5 Å². The molecule has 3 aromatic rings. The Morgan fingerprint density at radius 2 is 1.95 bits per heavy atom. The highest BCUT2D eigenvalue weighted by Gasteiger charge is 2.12. The maximum atomic E-state index is 13.5. The number of benzene rings is 2. The maximum Gasteiger partial charge on any atom is 0.255 e. The number of aromatic nitrogens is 1. The van der Waals surface area contributed by atoms with Gasteiger partial charge in [0.2, 0.25) is 0 Å². The van der Waals surface area contributed by atoms with E-state index in [1.54, 1.807) is 24.4 Å². The Bertz CT molecular complexity index is 795. The van der Waals surface area contributed by atoms with E-state index in [9.17, 15) is 13.6 Å². The smallest absolute Gasteiger partial charge is 0.255 e. The van der Waals surface area contributed by atoms with Crippen molar-refractivity contribution in [3.05, 3.63) is 65.9 Å². The Morgan fingerprint density at radius 1 is 1.10 bits per heavy atom. The molecule has 0 bridgehead atoms. The topological polar surface area (TPSA) is 44.9 Å². The van der Waals surface area contributed by atoms with E-state index in [-0.39, 0.29) is 5.69 Å². The van der Waals surface area contributed by atoms with Crippen molar-refractivity contribution in [1.82, 2.24) is 4.98 Å². The monoisotopic (exact) mass is 272 g/mol. The first-order valence-corrected chi connectivity index (χ1v) is 5.97. The minimum atomic E-state index is -1.07. The molecule has 3 nitrogen and oxygen atoms in total. The first kappa shape index (κ1) is 12.3. The molecule has 2 aromatic carbocycles. The number of H-pyrrole nitrogens is 1. The molecule has 0 atom stereocenters. The summed E-state index contributed by atoms with van der Waals surface area (Å²) in [7, 11) is 0. The third-order valence-corrected chi connectivity index (χ3v) is 3.02. The van der Waals surface area contributed by atoms with Crippen LogP contribution in [0.25, 0.3) is 10.9 Å². The van der Waals surface area contributed by atoms with Gasteiger partial charge in [0, 0.05) is 17.3 Å². The molecule has 0 spiro atoms. The molecule has 5 heteroatoms. The summed E-state index contributed by atoms with van der Waals surface area (Å²) in [5.74, 6) is -2.56. The first-order chi connectivity index (χ1) is 9.65. The first-order valence-electron chi connectivity index (χ1n) is 5.97. The molecule has 100 valence electrons. The van der Waals surface area contributed by atoms with Crippen LogP contribution < -0.4 is 5.32 Å². The van der Waals surface area contributed by atoms with Gasteiger partial charge in [0.05, 0.1) is 5.69 Å². The van der Waals surface area contributed by atoms with E-state index in [4.69, 9.17) is 0 Å². The van der Waals surface area contributed by atoms with E-state index in [1.807, 2.05) is 6.07 Å². The van der Waals surface area contributed by atoms with Crippen LogP contribution in [0.4, 0.5) is 14.5 Å². The average molecular weight is 272 g/mol. The van der Waals surface area contributed by atoms with Gasteiger partial charge in [-0.25, -0.2) is 8.78 Å². The minimum absolute atomic E-state index is 0.179. The van der Waals surface area contributed by atoms with Crippen LogP contribution in [0.15, 0.2) is 48.7 Å². The van der Waals surface area contributed by atoms with E-state index in [2.05, 4.69) is 10.3 Å². The number of rotatable bonds is 2. The highest BCUT2D eigenvalue weighted by atomic mass is 19.2. The zero-order valence-corrected chi connectivity index (χ0v) is 10.3. The third kappa shape index (κ3) is 2.14. The lowest BCUT2D eigenvalue weighted by Gasteiger charge is -2.07. The highest BCUT2D eigenvalue weighted by molar-refractivity contribution is 6.06. The fourth-order valence-corrected chi connectivity index (χ4v) is 1.98. The zero-order chi connectivity index (χ0) is 14.1. The van der Waals surface area contributed by atoms with Gasteiger partial charge in [-0.1, -0.05) is 12.1 Å². The Hall–Kier alpha value is -2.69. The summed E-state index contributed by atoms with van der Waals surface area (Å²) in [6.45, 7) is 0. The van der Waals surface area contributed by atoms with Gasteiger partial charge >= 0.3 is 0 Å². The average Bonchev–Trinajstić information content (AvgIpc) is 2.91. The Morgan fingerprint density at radius 3 is 2.80 bits per heavy atom. The van der Waals surface area contributed by atoms with Gasteiger partial charge in [-0.3, -0.25) is 4.79 Å². The second-order valence-corrected chi connectivity index (χ2v) is 4.34. The van der Waals surface area contributed by atoms with Crippen LogP contribution in [0.5, 0.6) is 0 Å². The van der Waals surface area contributed by atoms with Gasteiger partial charge < -0.3 is 10.3 Å². The number of hydrogen-bond donors (Lipinski definition) is 2. The summed E-state index contributed by atoms with van der Waals surface area (Å²) < 4.78 is 26.6. The number of hydrogen-bond acceptors (Lipinski definition) is 1. The van der Waals surface area contributed by atoms with Crippen molar-refractivity contribution in [2.45, 2.75) is 0 Å². The molecule has 0 saturated heterocycles. The quantitative estimate of drug-likeness (QED) is 0.734. The molecule has 1 amide bonds.